The molecule has 3 rings (SSSR count). The summed E-state index contributed by atoms with van der Waals surface area (Å²) in [5.74, 6) is 0.548. The van der Waals surface area contributed by atoms with Crippen molar-refractivity contribution in [3.05, 3.63) is 64.1 Å². The Morgan fingerprint density at radius 1 is 1.24 bits per heavy atom. The summed E-state index contributed by atoms with van der Waals surface area (Å²) < 4.78 is 16.5. The van der Waals surface area contributed by atoms with Crippen LogP contribution in [0.15, 0.2) is 46.9 Å². The molecular formula is C16H15BrFN3. The van der Waals surface area contributed by atoms with E-state index in [9.17, 15) is 4.39 Å². The Balaban J connectivity index is 1.94. The molecule has 0 saturated heterocycles. The summed E-state index contributed by atoms with van der Waals surface area (Å²) in [6.45, 7) is 0. The molecule has 2 N–H and O–H groups in total. The molecule has 21 heavy (non-hydrogen) atoms. The van der Waals surface area contributed by atoms with Gasteiger partial charge in [-0.3, -0.25) is 0 Å². The molecule has 0 radical (unpaired) electrons. The first-order valence-electron chi connectivity index (χ1n) is 6.67. The largest absolute Gasteiger partial charge is 0.331 e. The van der Waals surface area contributed by atoms with E-state index < -0.39 is 6.04 Å². The molecule has 0 spiro atoms. The van der Waals surface area contributed by atoms with Crippen LogP contribution in [0.25, 0.3) is 11.0 Å². The summed E-state index contributed by atoms with van der Waals surface area (Å²) in [4.78, 5) is 4.58. The van der Waals surface area contributed by atoms with E-state index in [1.807, 2.05) is 35.9 Å². The highest BCUT2D eigenvalue weighted by Gasteiger charge is 2.17. The molecule has 2 aromatic carbocycles. The molecule has 0 amide bonds. The van der Waals surface area contributed by atoms with Gasteiger partial charge >= 0.3 is 0 Å². The number of para-hydroxylation sites is 2. The minimum atomic E-state index is -0.432. The third-order valence-corrected chi connectivity index (χ3v) is 4.28. The topological polar surface area (TPSA) is 43.8 Å². The van der Waals surface area contributed by atoms with Gasteiger partial charge in [0.25, 0.3) is 0 Å². The fourth-order valence-corrected chi connectivity index (χ4v) is 2.87. The van der Waals surface area contributed by atoms with E-state index in [1.165, 1.54) is 0 Å². The van der Waals surface area contributed by atoms with Gasteiger partial charge in [0.05, 0.1) is 15.5 Å². The zero-order chi connectivity index (χ0) is 15.0. The van der Waals surface area contributed by atoms with Crippen LogP contribution in [0.1, 0.15) is 17.4 Å². The zero-order valence-corrected chi connectivity index (χ0v) is 13.1. The van der Waals surface area contributed by atoms with Crippen LogP contribution in [-0.2, 0) is 13.5 Å². The van der Waals surface area contributed by atoms with E-state index in [-0.39, 0.29) is 5.82 Å². The summed E-state index contributed by atoms with van der Waals surface area (Å²) in [5.41, 5.74) is 8.65. The minimum absolute atomic E-state index is 0.302. The SMILES string of the molecule is Cn1c(CC(N)c2cccc(Br)c2F)nc2ccccc21. The van der Waals surface area contributed by atoms with Crippen molar-refractivity contribution in [3.8, 4) is 0 Å². The molecule has 0 fully saturated rings. The molecule has 3 nitrogen and oxygen atoms in total. The molecular weight excluding hydrogens is 333 g/mol. The number of benzene rings is 2. The Kier molecular flexibility index (Phi) is 3.78. The standard InChI is InChI=1S/C16H15BrFN3/c1-21-14-8-3-2-7-13(14)20-15(21)9-12(19)10-5-4-6-11(17)16(10)18/h2-8,12H,9,19H2,1H3. The van der Waals surface area contributed by atoms with E-state index in [2.05, 4.69) is 20.9 Å². The van der Waals surface area contributed by atoms with Crippen LogP contribution in [0.5, 0.6) is 0 Å². The maximum atomic E-state index is 14.1. The van der Waals surface area contributed by atoms with Gasteiger partial charge in [0.15, 0.2) is 0 Å². The molecule has 0 aliphatic rings. The van der Waals surface area contributed by atoms with Crippen LogP contribution in [0.2, 0.25) is 0 Å². The fourth-order valence-electron chi connectivity index (χ4n) is 2.49. The van der Waals surface area contributed by atoms with Crippen molar-refractivity contribution >= 4 is 27.0 Å². The maximum absolute atomic E-state index is 14.1. The van der Waals surface area contributed by atoms with Crippen molar-refractivity contribution in [2.45, 2.75) is 12.5 Å². The second-order valence-electron chi connectivity index (χ2n) is 5.03. The van der Waals surface area contributed by atoms with Gasteiger partial charge in [-0.05, 0) is 34.1 Å². The number of fused-ring (bicyclic) bond motifs is 1. The molecule has 108 valence electrons. The highest BCUT2D eigenvalue weighted by atomic mass is 79.9. The van der Waals surface area contributed by atoms with E-state index in [0.29, 0.717) is 16.5 Å². The second kappa shape index (κ2) is 5.58. The first-order chi connectivity index (χ1) is 10.1. The number of nitrogens with two attached hydrogens (primary N) is 1. The third-order valence-electron chi connectivity index (χ3n) is 3.66. The summed E-state index contributed by atoms with van der Waals surface area (Å²) in [7, 11) is 1.95. The number of hydrogen-bond donors (Lipinski definition) is 1. The lowest BCUT2D eigenvalue weighted by Gasteiger charge is -2.13. The Morgan fingerprint density at radius 3 is 2.76 bits per heavy atom. The number of rotatable bonds is 3. The maximum Gasteiger partial charge on any atom is 0.142 e. The Morgan fingerprint density at radius 2 is 2.00 bits per heavy atom. The van der Waals surface area contributed by atoms with Crippen LogP contribution < -0.4 is 5.73 Å². The quantitative estimate of drug-likeness (QED) is 0.784. The van der Waals surface area contributed by atoms with Crippen molar-refractivity contribution in [2.75, 3.05) is 0 Å². The van der Waals surface area contributed by atoms with Crippen molar-refractivity contribution < 1.29 is 4.39 Å². The van der Waals surface area contributed by atoms with Crippen LogP contribution in [0, 0.1) is 5.82 Å². The number of hydrogen-bond acceptors (Lipinski definition) is 2. The predicted molar refractivity (Wildman–Crippen MR) is 85.4 cm³/mol. The summed E-state index contributed by atoms with van der Waals surface area (Å²) in [6.07, 6.45) is 0.485. The molecule has 0 aliphatic heterocycles. The van der Waals surface area contributed by atoms with Gasteiger partial charge in [-0.2, -0.15) is 0 Å². The van der Waals surface area contributed by atoms with Gasteiger partial charge in [-0.15, -0.1) is 0 Å². The normalized spacial score (nSPS) is 12.8. The van der Waals surface area contributed by atoms with Crippen molar-refractivity contribution in [3.63, 3.8) is 0 Å². The fraction of sp³-hybridized carbons (Fsp3) is 0.188. The minimum Gasteiger partial charge on any atom is -0.331 e. The lowest BCUT2D eigenvalue weighted by atomic mass is 10.0. The third kappa shape index (κ3) is 2.59. The molecule has 1 heterocycles. The number of halogens is 2. The summed E-state index contributed by atoms with van der Waals surface area (Å²) >= 11 is 3.19. The molecule has 3 aromatic rings. The number of aromatic nitrogens is 2. The van der Waals surface area contributed by atoms with Crippen LogP contribution in [-0.4, -0.2) is 9.55 Å². The first kappa shape index (κ1) is 14.2. The number of imidazole rings is 1. The molecule has 0 bridgehead atoms. The molecule has 0 aliphatic carbocycles. The second-order valence-corrected chi connectivity index (χ2v) is 5.88. The van der Waals surface area contributed by atoms with Crippen molar-refractivity contribution in [1.29, 1.82) is 0 Å². The van der Waals surface area contributed by atoms with Crippen LogP contribution in [0.3, 0.4) is 0 Å². The molecule has 1 atom stereocenters. The number of nitrogens with zero attached hydrogens (tertiary/aromatic N) is 2. The smallest absolute Gasteiger partial charge is 0.142 e. The molecule has 5 heteroatoms. The summed E-state index contributed by atoms with van der Waals surface area (Å²) in [5, 5.41) is 0. The van der Waals surface area contributed by atoms with Gasteiger partial charge in [0, 0.05) is 25.1 Å². The van der Waals surface area contributed by atoms with Crippen molar-refractivity contribution in [1.82, 2.24) is 9.55 Å². The van der Waals surface area contributed by atoms with E-state index in [4.69, 9.17) is 5.73 Å². The van der Waals surface area contributed by atoms with Gasteiger partial charge in [0.2, 0.25) is 0 Å². The number of aryl methyl sites for hydroxylation is 1. The van der Waals surface area contributed by atoms with Gasteiger partial charge in [-0.1, -0.05) is 24.3 Å². The van der Waals surface area contributed by atoms with E-state index in [1.54, 1.807) is 18.2 Å². The first-order valence-corrected chi connectivity index (χ1v) is 7.47. The Labute approximate surface area is 130 Å². The molecule has 1 unspecified atom stereocenters. The summed E-state index contributed by atoms with van der Waals surface area (Å²) in [6, 6.07) is 12.6. The zero-order valence-electron chi connectivity index (χ0n) is 11.6. The Bertz CT molecular complexity index is 797. The average Bonchev–Trinajstić information content (AvgIpc) is 2.79. The van der Waals surface area contributed by atoms with Crippen LogP contribution in [0.4, 0.5) is 4.39 Å². The lowest BCUT2D eigenvalue weighted by molar-refractivity contribution is 0.566. The lowest BCUT2D eigenvalue weighted by Crippen LogP contribution is -2.17. The molecule has 0 saturated carbocycles. The van der Waals surface area contributed by atoms with Gasteiger partial charge in [-0.25, -0.2) is 9.37 Å². The highest BCUT2D eigenvalue weighted by Crippen LogP contribution is 2.25. The van der Waals surface area contributed by atoms with Gasteiger partial charge < -0.3 is 10.3 Å². The average molecular weight is 348 g/mol. The van der Waals surface area contributed by atoms with Crippen molar-refractivity contribution in [2.24, 2.45) is 12.8 Å². The Hall–Kier alpha value is -1.72. The van der Waals surface area contributed by atoms with Gasteiger partial charge in [0.1, 0.15) is 11.6 Å². The monoisotopic (exact) mass is 347 g/mol. The predicted octanol–water partition coefficient (Wildman–Crippen LogP) is 3.72. The highest BCUT2D eigenvalue weighted by molar-refractivity contribution is 9.10. The molecule has 1 aromatic heterocycles. The van der Waals surface area contributed by atoms with E-state index in [0.717, 1.165) is 16.9 Å². The van der Waals surface area contributed by atoms with Crippen LogP contribution >= 0.6 is 15.9 Å². The van der Waals surface area contributed by atoms with E-state index >= 15 is 0 Å².